The zero-order valence-electron chi connectivity index (χ0n) is 24.5. The molecule has 0 aliphatic carbocycles. The van der Waals surface area contributed by atoms with Crippen LogP contribution in [0.4, 0.5) is 22.2 Å². The van der Waals surface area contributed by atoms with Crippen LogP contribution in [0.1, 0.15) is 50.7 Å². The lowest BCUT2D eigenvalue weighted by molar-refractivity contribution is 0.208. The number of nitrogens with one attached hydrogen (secondary N) is 2. The van der Waals surface area contributed by atoms with E-state index in [1.807, 2.05) is 48.5 Å². The molecule has 1 fully saturated rings. The zero-order valence-corrected chi connectivity index (χ0v) is 24.5. The molecule has 0 bridgehead atoms. The predicted molar refractivity (Wildman–Crippen MR) is 167 cm³/mol. The minimum Gasteiger partial charge on any atom is -0.368 e. The van der Waals surface area contributed by atoms with Gasteiger partial charge in [0.15, 0.2) is 17.0 Å². The third kappa shape index (κ3) is 7.14. The fourth-order valence-electron chi connectivity index (χ4n) is 5.31. The normalized spacial score (nSPS) is 14.3. The van der Waals surface area contributed by atoms with E-state index in [0.29, 0.717) is 44.6 Å². The van der Waals surface area contributed by atoms with Crippen molar-refractivity contribution in [3.05, 3.63) is 72.1 Å². The molecule has 0 spiro atoms. The minimum absolute atomic E-state index is 0.0763. The van der Waals surface area contributed by atoms with Crippen molar-refractivity contribution in [1.29, 1.82) is 0 Å². The van der Waals surface area contributed by atoms with Gasteiger partial charge in [0.2, 0.25) is 5.95 Å². The molecular formula is C32H42N8O. The second-order valence-electron chi connectivity index (χ2n) is 11.0. The number of nitrogens with zero attached hydrogens (tertiary/aromatic N) is 6. The van der Waals surface area contributed by atoms with Crippen LogP contribution in [0.3, 0.4) is 0 Å². The largest absolute Gasteiger partial charge is 0.368 e. The van der Waals surface area contributed by atoms with Crippen LogP contribution in [0.25, 0.3) is 11.2 Å². The summed E-state index contributed by atoms with van der Waals surface area (Å²) < 4.78 is 2.10. The van der Waals surface area contributed by atoms with Crippen LogP contribution in [0.2, 0.25) is 0 Å². The Labute approximate surface area is 243 Å². The molecule has 2 amide bonds. The predicted octanol–water partition coefficient (Wildman–Crippen LogP) is 6.17. The number of fused-ring (bicyclic) bond motifs is 1. The second kappa shape index (κ2) is 13.5. The highest BCUT2D eigenvalue weighted by atomic mass is 16.2. The summed E-state index contributed by atoms with van der Waals surface area (Å²) in [5.74, 6) is 2.05. The third-order valence-corrected chi connectivity index (χ3v) is 7.87. The first kappa shape index (κ1) is 28.4. The van der Waals surface area contributed by atoms with Crippen LogP contribution in [-0.4, -0.2) is 63.2 Å². The maximum atomic E-state index is 12.9. The number of unbranched alkanes of at least 4 members (excludes halogenated alkanes) is 1. The summed E-state index contributed by atoms with van der Waals surface area (Å²) >= 11 is 0. The molecule has 0 saturated carbocycles. The number of aromatic nitrogens is 4. The average molecular weight is 555 g/mol. The summed E-state index contributed by atoms with van der Waals surface area (Å²) in [5, 5.41) is 6.67. The van der Waals surface area contributed by atoms with Gasteiger partial charge in [-0.05, 0) is 42.5 Å². The van der Waals surface area contributed by atoms with E-state index in [1.165, 1.54) is 24.8 Å². The van der Waals surface area contributed by atoms with E-state index in [9.17, 15) is 4.79 Å². The number of hydrogen-bond acceptors (Lipinski definition) is 6. The van der Waals surface area contributed by atoms with E-state index in [1.54, 1.807) is 0 Å². The topological polar surface area (TPSA) is 91.2 Å². The maximum Gasteiger partial charge on any atom is 0.321 e. The molecule has 41 heavy (non-hydrogen) atoms. The fraction of sp³-hybridized carbons (Fsp3) is 0.438. The molecule has 1 saturated heterocycles. The highest BCUT2D eigenvalue weighted by Gasteiger charge is 2.25. The number of carbonyl (C=O) groups is 1. The monoisotopic (exact) mass is 554 g/mol. The molecule has 1 aliphatic rings. The van der Waals surface area contributed by atoms with Gasteiger partial charge in [-0.2, -0.15) is 9.97 Å². The Morgan fingerprint density at radius 1 is 1.00 bits per heavy atom. The van der Waals surface area contributed by atoms with Gasteiger partial charge in [-0.1, -0.05) is 75.6 Å². The first-order valence-electron chi connectivity index (χ1n) is 14.9. The van der Waals surface area contributed by atoms with Crippen LogP contribution < -0.4 is 15.5 Å². The van der Waals surface area contributed by atoms with Crippen molar-refractivity contribution in [2.75, 3.05) is 48.3 Å². The average Bonchev–Trinajstić information content (AvgIpc) is 3.40. The molecule has 2 aromatic carbocycles. The van der Waals surface area contributed by atoms with Crippen molar-refractivity contribution < 1.29 is 4.79 Å². The molecule has 2 N–H and O–H groups in total. The van der Waals surface area contributed by atoms with Crippen LogP contribution in [0, 0.1) is 12.8 Å². The SMILES string of the molecule is CCCCC(CC)CNc1nc(N2CCN(C(=O)Nc3cccc(C)c3)CC2)nc2c1ncn2Cc1ccccc1. The van der Waals surface area contributed by atoms with Gasteiger partial charge in [0.1, 0.15) is 0 Å². The molecule has 1 atom stereocenters. The number of carbonyl (C=O) groups excluding carboxylic acids is 1. The number of amides is 2. The summed E-state index contributed by atoms with van der Waals surface area (Å²) in [6.45, 7) is 10.6. The van der Waals surface area contributed by atoms with E-state index in [2.05, 4.69) is 58.2 Å². The van der Waals surface area contributed by atoms with E-state index in [-0.39, 0.29) is 6.03 Å². The number of urea groups is 1. The first-order chi connectivity index (χ1) is 20.0. The van der Waals surface area contributed by atoms with E-state index in [0.717, 1.165) is 41.2 Å². The Balaban J connectivity index is 1.34. The van der Waals surface area contributed by atoms with E-state index >= 15 is 0 Å². The van der Waals surface area contributed by atoms with Crippen LogP contribution in [-0.2, 0) is 6.54 Å². The van der Waals surface area contributed by atoms with Crippen LogP contribution >= 0.6 is 0 Å². The third-order valence-electron chi connectivity index (χ3n) is 7.87. The van der Waals surface area contributed by atoms with Gasteiger partial charge >= 0.3 is 6.03 Å². The first-order valence-corrected chi connectivity index (χ1v) is 14.9. The van der Waals surface area contributed by atoms with Crippen molar-refractivity contribution in [3.63, 3.8) is 0 Å². The molecule has 4 aromatic rings. The summed E-state index contributed by atoms with van der Waals surface area (Å²) in [6.07, 6.45) is 6.64. The standard InChI is InChI=1S/C32H42N8O/c1-4-6-12-25(5-2)21-33-29-28-30(40(23-34-28)22-26-13-8-7-9-14-26)37-31(36-29)38-16-18-39(19-17-38)32(41)35-27-15-10-11-24(3)20-27/h7-11,13-15,20,23,25H,4-6,12,16-19,21-22H2,1-3H3,(H,35,41)(H,33,36,37). The van der Waals surface area contributed by atoms with Crippen LogP contribution in [0.5, 0.6) is 0 Å². The van der Waals surface area contributed by atoms with Crippen LogP contribution in [0.15, 0.2) is 60.9 Å². The van der Waals surface area contributed by atoms with Gasteiger partial charge in [-0.15, -0.1) is 0 Å². The molecule has 9 heteroatoms. The smallest absolute Gasteiger partial charge is 0.321 e. The Kier molecular flexibility index (Phi) is 9.33. The van der Waals surface area contributed by atoms with Crippen molar-refractivity contribution in [2.45, 2.75) is 53.0 Å². The van der Waals surface area contributed by atoms with Gasteiger partial charge in [-0.25, -0.2) is 9.78 Å². The van der Waals surface area contributed by atoms with Crippen molar-refractivity contribution in [3.8, 4) is 0 Å². The van der Waals surface area contributed by atoms with Crippen molar-refractivity contribution in [2.24, 2.45) is 5.92 Å². The van der Waals surface area contributed by atoms with E-state index < -0.39 is 0 Å². The number of hydrogen-bond donors (Lipinski definition) is 2. The molecule has 0 radical (unpaired) electrons. The van der Waals surface area contributed by atoms with Gasteiger partial charge in [0, 0.05) is 38.4 Å². The Morgan fingerprint density at radius 3 is 2.54 bits per heavy atom. The zero-order chi connectivity index (χ0) is 28.6. The maximum absolute atomic E-state index is 12.9. The summed E-state index contributed by atoms with van der Waals surface area (Å²) in [7, 11) is 0. The summed E-state index contributed by atoms with van der Waals surface area (Å²) in [5.41, 5.74) is 4.75. The molecule has 2 aromatic heterocycles. The highest BCUT2D eigenvalue weighted by Crippen LogP contribution is 2.25. The summed E-state index contributed by atoms with van der Waals surface area (Å²) in [4.78, 5) is 31.7. The van der Waals surface area contributed by atoms with Gasteiger partial charge in [0.05, 0.1) is 12.9 Å². The van der Waals surface area contributed by atoms with Gasteiger partial charge < -0.3 is 25.0 Å². The summed E-state index contributed by atoms with van der Waals surface area (Å²) in [6, 6.07) is 18.2. The number of benzene rings is 2. The Morgan fingerprint density at radius 2 is 1.80 bits per heavy atom. The lowest BCUT2D eigenvalue weighted by Gasteiger charge is -2.34. The molecule has 1 aliphatic heterocycles. The second-order valence-corrected chi connectivity index (χ2v) is 11.0. The lowest BCUT2D eigenvalue weighted by Crippen LogP contribution is -2.50. The Bertz CT molecular complexity index is 1430. The lowest BCUT2D eigenvalue weighted by atomic mass is 9.99. The number of piperazine rings is 1. The molecular weight excluding hydrogens is 512 g/mol. The Hall–Kier alpha value is -4.14. The fourth-order valence-corrected chi connectivity index (χ4v) is 5.31. The molecule has 1 unspecified atom stereocenters. The number of anilines is 3. The van der Waals surface area contributed by atoms with Crippen molar-refractivity contribution in [1.82, 2.24) is 24.4 Å². The number of aryl methyl sites for hydroxylation is 1. The van der Waals surface area contributed by atoms with Gasteiger partial charge in [0.25, 0.3) is 0 Å². The highest BCUT2D eigenvalue weighted by molar-refractivity contribution is 5.89. The van der Waals surface area contributed by atoms with E-state index in [4.69, 9.17) is 15.0 Å². The minimum atomic E-state index is -0.0763. The molecule has 5 rings (SSSR count). The molecule has 3 heterocycles. The molecule has 216 valence electrons. The quantitative estimate of drug-likeness (QED) is 0.231. The number of imidazole rings is 1. The van der Waals surface area contributed by atoms with Crippen molar-refractivity contribution >= 4 is 34.6 Å². The van der Waals surface area contributed by atoms with Gasteiger partial charge in [-0.3, -0.25) is 0 Å². The number of rotatable bonds is 11. The molecule has 9 nitrogen and oxygen atoms in total.